The van der Waals surface area contributed by atoms with Crippen molar-refractivity contribution in [1.82, 2.24) is 0 Å². The molecule has 4 nitrogen and oxygen atoms in total. The second-order valence-corrected chi connectivity index (χ2v) is 4.76. The number of anilines is 2. The first-order valence-electron chi connectivity index (χ1n) is 6.43. The molecule has 18 heavy (non-hydrogen) atoms. The minimum atomic E-state index is 0.141. The van der Waals surface area contributed by atoms with Gasteiger partial charge in [-0.15, -0.1) is 0 Å². The molecule has 1 aliphatic heterocycles. The number of aliphatic hydroxyl groups excluding tert-OH is 1. The van der Waals surface area contributed by atoms with Gasteiger partial charge >= 0.3 is 0 Å². The van der Waals surface area contributed by atoms with E-state index in [4.69, 9.17) is 11.0 Å². The normalized spacial score (nSPS) is 20.2. The maximum absolute atomic E-state index is 9.50. The monoisotopic (exact) mass is 245 g/mol. The number of nitrogen functional groups attached to an aromatic ring is 1. The van der Waals surface area contributed by atoms with E-state index in [0.717, 1.165) is 31.5 Å². The number of nitrogens with two attached hydrogens (primary N) is 1. The van der Waals surface area contributed by atoms with Crippen LogP contribution in [0.1, 0.15) is 31.2 Å². The van der Waals surface area contributed by atoms with Gasteiger partial charge in [0.05, 0.1) is 35.7 Å². The zero-order valence-electron chi connectivity index (χ0n) is 10.5. The molecule has 2 rings (SSSR count). The predicted molar refractivity (Wildman–Crippen MR) is 72.3 cm³/mol. The molecule has 0 aromatic heterocycles. The molecule has 0 radical (unpaired) electrons. The molecule has 1 fully saturated rings. The molecule has 0 aliphatic carbocycles. The molecular weight excluding hydrogens is 226 g/mol. The molecule has 1 atom stereocenters. The third kappa shape index (κ3) is 2.57. The molecule has 1 saturated heterocycles. The Kier molecular flexibility index (Phi) is 4.06. The Bertz CT molecular complexity index is 453. The predicted octanol–water partition coefficient (Wildman–Crippen LogP) is 1.88. The zero-order chi connectivity index (χ0) is 13.0. The fourth-order valence-electron chi connectivity index (χ4n) is 2.57. The number of hydrogen-bond donors (Lipinski definition) is 2. The maximum atomic E-state index is 9.50. The van der Waals surface area contributed by atoms with Crippen LogP contribution in [0, 0.1) is 11.3 Å². The van der Waals surface area contributed by atoms with Crippen molar-refractivity contribution in [2.45, 2.75) is 31.7 Å². The molecule has 1 aliphatic rings. The van der Waals surface area contributed by atoms with Crippen molar-refractivity contribution in [2.75, 3.05) is 23.8 Å². The standard InChI is InChI=1S/C14H19N3O/c15-9-11-5-6-14(13(16)8-11)17-7-3-1-2-4-12(17)10-18/h5-6,8,12,18H,1-4,7,10,16H2. The summed E-state index contributed by atoms with van der Waals surface area (Å²) in [5.74, 6) is 0. The van der Waals surface area contributed by atoms with Crippen molar-refractivity contribution in [1.29, 1.82) is 5.26 Å². The molecule has 0 saturated carbocycles. The molecular formula is C14H19N3O. The van der Waals surface area contributed by atoms with Crippen LogP contribution in [0.3, 0.4) is 0 Å². The first-order chi connectivity index (χ1) is 8.76. The van der Waals surface area contributed by atoms with Crippen LogP contribution in [0.5, 0.6) is 0 Å². The van der Waals surface area contributed by atoms with Gasteiger partial charge in [-0.3, -0.25) is 0 Å². The summed E-state index contributed by atoms with van der Waals surface area (Å²) in [5, 5.41) is 18.4. The lowest BCUT2D eigenvalue weighted by atomic mass is 10.1. The summed E-state index contributed by atoms with van der Waals surface area (Å²) in [6.45, 7) is 1.07. The highest BCUT2D eigenvalue weighted by molar-refractivity contribution is 5.70. The van der Waals surface area contributed by atoms with Crippen LogP contribution in [0.15, 0.2) is 18.2 Å². The van der Waals surface area contributed by atoms with Gasteiger partial charge in [-0.2, -0.15) is 5.26 Å². The highest BCUT2D eigenvalue weighted by Crippen LogP contribution is 2.29. The summed E-state index contributed by atoms with van der Waals surface area (Å²) in [5.41, 5.74) is 8.16. The van der Waals surface area contributed by atoms with Gasteiger partial charge in [0, 0.05) is 6.54 Å². The van der Waals surface area contributed by atoms with E-state index in [0.29, 0.717) is 11.3 Å². The Morgan fingerprint density at radius 3 is 2.89 bits per heavy atom. The van der Waals surface area contributed by atoms with Gasteiger partial charge in [0.25, 0.3) is 0 Å². The first-order valence-corrected chi connectivity index (χ1v) is 6.43. The van der Waals surface area contributed by atoms with Crippen molar-refractivity contribution in [3.8, 4) is 6.07 Å². The van der Waals surface area contributed by atoms with Crippen LogP contribution in [-0.2, 0) is 0 Å². The van der Waals surface area contributed by atoms with Crippen LogP contribution in [0.2, 0.25) is 0 Å². The third-order valence-electron chi connectivity index (χ3n) is 3.55. The minimum absolute atomic E-state index is 0.141. The van der Waals surface area contributed by atoms with Gasteiger partial charge in [-0.1, -0.05) is 12.8 Å². The Balaban J connectivity index is 2.30. The smallest absolute Gasteiger partial charge is 0.0992 e. The second kappa shape index (κ2) is 5.74. The average Bonchev–Trinajstić information content (AvgIpc) is 2.63. The molecule has 1 aromatic carbocycles. The van der Waals surface area contributed by atoms with Gasteiger partial charge in [-0.05, 0) is 31.0 Å². The summed E-state index contributed by atoms with van der Waals surface area (Å²) in [6.07, 6.45) is 4.47. The lowest BCUT2D eigenvalue weighted by Gasteiger charge is -2.31. The quantitative estimate of drug-likeness (QED) is 0.780. The van der Waals surface area contributed by atoms with Crippen LogP contribution >= 0.6 is 0 Å². The number of rotatable bonds is 2. The third-order valence-corrected chi connectivity index (χ3v) is 3.55. The summed E-state index contributed by atoms with van der Waals surface area (Å²) in [6, 6.07) is 7.61. The van der Waals surface area contributed by atoms with Gasteiger partial charge in [0.15, 0.2) is 0 Å². The molecule has 0 bridgehead atoms. The van der Waals surface area contributed by atoms with Gasteiger partial charge in [-0.25, -0.2) is 0 Å². The zero-order valence-corrected chi connectivity index (χ0v) is 10.5. The van der Waals surface area contributed by atoms with E-state index in [1.54, 1.807) is 12.1 Å². The molecule has 4 heteroatoms. The average molecular weight is 245 g/mol. The highest BCUT2D eigenvalue weighted by Gasteiger charge is 2.22. The molecule has 0 amide bonds. The van der Waals surface area contributed by atoms with E-state index in [1.165, 1.54) is 6.42 Å². The van der Waals surface area contributed by atoms with Crippen molar-refractivity contribution < 1.29 is 5.11 Å². The van der Waals surface area contributed by atoms with E-state index in [9.17, 15) is 5.11 Å². The van der Waals surface area contributed by atoms with Crippen molar-refractivity contribution in [3.05, 3.63) is 23.8 Å². The summed E-state index contributed by atoms with van der Waals surface area (Å²) < 4.78 is 0. The first kappa shape index (κ1) is 12.7. The Labute approximate surface area is 108 Å². The SMILES string of the molecule is N#Cc1ccc(N2CCCCCC2CO)c(N)c1. The van der Waals surface area contributed by atoms with Gasteiger partial charge in [0.2, 0.25) is 0 Å². The van der Waals surface area contributed by atoms with Crippen LogP contribution in [0.25, 0.3) is 0 Å². The topological polar surface area (TPSA) is 73.3 Å². The Morgan fingerprint density at radius 2 is 2.22 bits per heavy atom. The second-order valence-electron chi connectivity index (χ2n) is 4.76. The van der Waals surface area contributed by atoms with Crippen molar-refractivity contribution >= 4 is 11.4 Å². The van der Waals surface area contributed by atoms with E-state index < -0.39 is 0 Å². The fraction of sp³-hybridized carbons (Fsp3) is 0.500. The van der Waals surface area contributed by atoms with Gasteiger partial charge in [0.1, 0.15) is 0 Å². The number of nitriles is 1. The molecule has 1 unspecified atom stereocenters. The molecule has 0 spiro atoms. The molecule has 1 aromatic rings. The van der Waals surface area contributed by atoms with Gasteiger partial charge < -0.3 is 15.7 Å². The number of nitrogens with zero attached hydrogens (tertiary/aromatic N) is 2. The lowest BCUT2D eigenvalue weighted by molar-refractivity contribution is 0.255. The lowest BCUT2D eigenvalue weighted by Crippen LogP contribution is -2.38. The number of hydrogen-bond acceptors (Lipinski definition) is 4. The Hall–Kier alpha value is -1.73. The minimum Gasteiger partial charge on any atom is -0.397 e. The number of aliphatic hydroxyl groups is 1. The molecule has 1 heterocycles. The van der Waals surface area contributed by atoms with Crippen molar-refractivity contribution in [3.63, 3.8) is 0 Å². The molecule has 3 N–H and O–H groups in total. The van der Waals surface area contributed by atoms with Crippen LogP contribution in [-0.4, -0.2) is 24.3 Å². The van der Waals surface area contributed by atoms with Crippen molar-refractivity contribution in [2.24, 2.45) is 0 Å². The highest BCUT2D eigenvalue weighted by atomic mass is 16.3. The summed E-state index contributed by atoms with van der Waals surface area (Å²) in [7, 11) is 0. The number of benzene rings is 1. The molecule has 96 valence electrons. The van der Waals surface area contributed by atoms with Crippen LogP contribution < -0.4 is 10.6 Å². The van der Waals surface area contributed by atoms with Crippen LogP contribution in [0.4, 0.5) is 11.4 Å². The maximum Gasteiger partial charge on any atom is 0.0992 e. The Morgan fingerprint density at radius 1 is 1.39 bits per heavy atom. The van der Waals surface area contributed by atoms with E-state index in [1.807, 2.05) is 6.07 Å². The van der Waals surface area contributed by atoms with E-state index in [2.05, 4.69) is 11.0 Å². The summed E-state index contributed by atoms with van der Waals surface area (Å²) >= 11 is 0. The largest absolute Gasteiger partial charge is 0.397 e. The van der Waals surface area contributed by atoms with E-state index in [-0.39, 0.29) is 12.6 Å². The fourth-order valence-corrected chi connectivity index (χ4v) is 2.57. The van der Waals surface area contributed by atoms with E-state index >= 15 is 0 Å². The summed E-state index contributed by atoms with van der Waals surface area (Å²) in [4.78, 5) is 2.18.